The topological polar surface area (TPSA) is 55.8 Å². The van der Waals surface area contributed by atoms with E-state index >= 15 is 0 Å². The van der Waals surface area contributed by atoms with Gasteiger partial charge in [-0.25, -0.2) is 4.79 Å². The first kappa shape index (κ1) is 14.9. The van der Waals surface area contributed by atoms with Crippen LogP contribution in [0, 0.1) is 0 Å². The maximum Gasteiger partial charge on any atom is 0.397 e. The number of ether oxygens (including phenoxy) is 2. The number of hydrogen-bond donors (Lipinski definition) is 0. The minimum absolute atomic E-state index is 0.00653. The van der Waals surface area contributed by atoms with Gasteiger partial charge < -0.3 is 14.4 Å². The summed E-state index contributed by atoms with van der Waals surface area (Å²) >= 11 is 0. The van der Waals surface area contributed by atoms with Crippen molar-refractivity contribution >= 4 is 11.9 Å². The van der Waals surface area contributed by atoms with Crippen molar-refractivity contribution in [2.24, 2.45) is 0 Å². The minimum atomic E-state index is -0.793. The Bertz CT molecular complexity index is 230. The highest BCUT2D eigenvalue weighted by atomic mass is 16.5. The Morgan fingerprint density at radius 1 is 1.31 bits per heavy atom. The van der Waals surface area contributed by atoms with Crippen LogP contribution < -0.4 is 0 Å². The summed E-state index contributed by atoms with van der Waals surface area (Å²) in [7, 11) is 1.56. The molecular formula is C11H21NO4. The molecule has 0 N–H and O–H groups in total. The summed E-state index contributed by atoms with van der Waals surface area (Å²) in [5.74, 6) is -1.38. The van der Waals surface area contributed by atoms with Crippen molar-refractivity contribution < 1.29 is 19.1 Å². The first-order valence-electron chi connectivity index (χ1n) is 5.55. The molecule has 0 aromatic rings. The molecule has 0 rings (SSSR count). The summed E-state index contributed by atoms with van der Waals surface area (Å²) in [4.78, 5) is 24.5. The molecular weight excluding hydrogens is 210 g/mol. The monoisotopic (exact) mass is 231 g/mol. The predicted octanol–water partition coefficient (Wildman–Crippen LogP) is 0.823. The summed E-state index contributed by atoms with van der Waals surface area (Å²) < 4.78 is 9.60. The zero-order chi connectivity index (χ0) is 12.6. The average Bonchev–Trinajstić information content (AvgIpc) is 2.29. The van der Waals surface area contributed by atoms with Crippen LogP contribution in [0.5, 0.6) is 0 Å². The number of carbonyl (C=O) groups is 2. The zero-order valence-corrected chi connectivity index (χ0v) is 10.5. The van der Waals surface area contributed by atoms with Gasteiger partial charge in [-0.15, -0.1) is 0 Å². The van der Waals surface area contributed by atoms with Crippen molar-refractivity contribution in [3.8, 4) is 0 Å². The molecule has 0 aliphatic heterocycles. The fourth-order valence-electron chi connectivity index (χ4n) is 1.24. The molecule has 0 spiro atoms. The SMILES string of the molecule is CCOC(=O)C(=O)N(CCOC)C(C)CC. The molecule has 0 saturated carbocycles. The molecule has 1 amide bonds. The molecule has 0 aliphatic carbocycles. The van der Waals surface area contributed by atoms with Crippen LogP contribution in [-0.4, -0.2) is 49.7 Å². The molecule has 0 bridgehead atoms. The molecule has 94 valence electrons. The number of esters is 1. The van der Waals surface area contributed by atoms with E-state index in [0.29, 0.717) is 13.2 Å². The van der Waals surface area contributed by atoms with Gasteiger partial charge in [-0.3, -0.25) is 4.79 Å². The van der Waals surface area contributed by atoms with E-state index in [4.69, 9.17) is 4.74 Å². The highest BCUT2D eigenvalue weighted by Gasteiger charge is 2.25. The largest absolute Gasteiger partial charge is 0.459 e. The number of rotatable bonds is 6. The van der Waals surface area contributed by atoms with E-state index < -0.39 is 11.9 Å². The maximum absolute atomic E-state index is 11.7. The van der Waals surface area contributed by atoms with E-state index in [1.54, 1.807) is 14.0 Å². The van der Waals surface area contributed by atoms with Crippen LogP contribution in [0.3, 0.4) is 0 Å². The molecule has 0 saturated heterocycles. The lowest BCUT2D eigenvalue weighted by atomic mass is 10.2. The third kappa shape index (κ3) is 4.61. The lowest BCUT2D eigenvalue weighted by molar-refractivity contribution is -0.161. The van der Waals surface area contributed by atoms with Crippen LogP contribution in [-0.2, 0) is 19.1 Å². The van der Waals surface area contributed by atoms with Crippen LogP contribution in [0.4, 0.5) is 0 Å². The van der Waals surface area contributed by atoms with Crippen LogP contribution in [0.1, 0.15) is 27.2 Å². The van der Waals surface area contributed by atoms with Gasteiger partial charge in [0.25, 0.3) is 0 Å². The number of carbonyl (C=O) groups excluding carboxylic acids is 2. The predicted molar refractivity (Wildman–Crippen MR) is 60.0 cm³/mol. The molecule has 0 heterocycles. The molecule has 1 unspecified atom stereocenters. The number of amides is 1. The van der Waals surface area contributed by atoms with Crippen molar-refractivity contribution in [2.45, 2.75) is 33.2 Å². The maximum atomic E-state index is 11.7. The molecule has 0 radical (unpaired) electrons. The third-order valence-electron chi connectivity index (χ3n) is 2.37. The van der Waals surface area contributed by atoms with Crippen molar-refractivity contribution in [3.63, 3.8) is 0 Å². The summed E-state index contributed by atoms with van der Waals surface area (Å²) in [5.41, 5.74) is 0. The smallest absolute Gasteiger partial charge is 0.397 e. The van der Waals surface area contributed by atoms with E-state index in [9.17, 15) is 9.59 Å². The number of methoxy groups -OCH3 is 1. The van der Waals surface area contributed by atoms with Crippen LogP contribution in [0.15, 0.2) is 0 Å². The fraction of sp³-hybridized carbons (Fsp3) is 0.818. The van der Waals surface area contributed by atoms with Gasteiger partial charge in [0, 0.05) is 19.7 Å². The summed E-state index contributed by atoms with van der Waals surface area (Å²) in [5, 5.41) is 0. The van der Waals surface area contributed by atoms with Gasteiger partial charge >= 0.3 is 11.9 Å². The minimum Gasteiger partial charge on any atom is -0.459 e. The first-order chi connectivity index (χ1) is 7.58. The van der Waals surface area contributed by atoms with Crippen LogP contribution in [0.2, 0.25) is 0 Å². The van der Waals surface area contributed by atoms with E-state index in [-0.39, 0.29) is 12.6 Å². The second-order valence-corrected chi connectivity index (χ2v) is 3.47. The Labute approximate surface area is 96.7 Å². The van der Waals surface area contributed by atoms with Gasteiger partial charge in [-0.1, -0.05) is 6.92 Å². The number of nitrogens with zero attached hydrogens (tertiary/aromatic N) is 1. The van der Waals surface area contributed by atoms with E-state index in [2.05, 4.69) is 4.74 Å². The van der Waals surface area contributed by atoms with Gasteiger partial charge in [0.1, 0.15) is 0 Å². The van der Waals surface area contributed by atoms with Crippen LogP contribution >= 0.6 is 0 Å². The van der Waals surface area contributed by atoms with Gasteiger partial charge in [0.05, 0.1) is 13.2 Å². The van der Waals surface area contributed by atoms with Crippen molar-refractivity contribution in [3.05, 3.63) is 0 Å². The van der Waals surface area contributed by atoms with Crippen molar-refractivity contribution in [1.82, 2.24) is 4.90 Å². The van der Waals surface area contributed by atoms with E-state index in [1.807, 2.05) is 13.8 Å². The Morgan fingerprint density at radius 3 is 2.38 bits per heavy atom. The van der Waals surface area contributed by atoms with E-state index in [0.717, 1.165) is 6.42 Å². The van der Waals surface area contributed by atoms with Gasteiger partial charge in [-0.05, 0) is 20.3 Å². The zero-order valence-electron chi connectivity index (χ0n) is 10.5. The second kappa shape index (κ2) is 8.10. The summed E-state index contributed by atoms with van der Waals surface area (Å²) in [6, 6.07) is 0.00653. The molecule has 0 aromatic heterocycles. The Hall–Kier alpha value is -1.10. The Kier molecular flexibility index (Phi) is 7.54. The normalized spacial score (nSPS) is 12.0. The molecule has 0 aromatic carbocycles. The van der Waals surface area contributed by atoms with Crippen molar-refractivity contribution in [1.29, 1.82) is 0 Å². The average molecular weight is 231 g/mol. The summed E-state index contributed by atoms with van der Waals surface area (Å²) in [6.45, 7) is 6.56. The molecule has 5 nitrogen and oxygen atoms in total. The first-order valence-corrected chi connectivity index (χ1v) is 5.55. The molecule has 0 aliphatic rings. The quantitative estimate of drug-likeness (QED) is 0.501. The standard InChI is InChI=1S/C11H21NO4/c1-5-9(3)12(7-8-15-4)10(13)11(14)16-6-2/h9H,5-8H2,1-4H3. The van der Waals surface area contributed by atoms with Gasteiger partial charge in [-0.2, -0.15) is 0 Å². The lowest BCUT2D eigenvalue weighted by Gasteiger charge is -2.27. The Balaban J connectivity index is 4.48. The molecule has 0 fully saturated rings. The lowest BCUT2D eigenvalue weighted by Crippen LogP contribution is -2.44. The third-order valence-corrected chi connectivity index (χ3v) is 2.37. The highest BCUT2D eigenvalue weighted by Crippen LogP contribution is 2.04. The second-order valence-electron chi connectivity index (χ2n) is 3.47. The van der Waals surface area contributed by atoms with Gasteiger partial charge in [0.15, 0.2) is 0 Å². The van der Waals surface area contributed by atoms with Crippen LogP contribution in [0.25, 0.3) is 0 Å². The van der Waals surface area contributed by atoms with Crippen molar-refractivity contribution in [2.75, 3.05) is 26.9 Å². The molecule has 1 atom stereocenters. The highest BCUT2D eigenvalue weighted by molar-refractivity contribution is 6.32. The van der Waals surface area contributed by atoms with E-state index in [1.165, 1.54) is 4.90 Å². The molecule has 16 heavy (non-hydrogen) atoms. The fourth-order valence-corrected chi connectivity index (χ4v) is 1.24. The Morgan fingerprint density at radius 2 is 1.94 bits per heavy atom. The summed E-state index contributed by atoms with van der Waals surface area (Å²) in [6.07, 6.45) is 0.787. The molecule has 5 heteroatoms. The number of hydrogen-bond acceptors (Lipinski definition) is 4. The van der Waals surface area contributed by atoms with Gasteiger partial charge in [0.2, 0.25) is 0 Å².